The molecule has 0 spiro atoms. The fourth-order valence-electron chi connectivity index (χ4n) is 2.47. The first kappa shape index (κ1) is 20.3. The molecule has 0 radical (unpaired) electrons. The number of sulfonamides is 1. The largest absolute Gasteiger partial charge is 0.392 e. The summed E-state index contributed by atoms with van der Waals surface area (Å²) in [5.41, 5.74) is 0.373. The second kappa shape index (κ2) is 8.59. The first-order chi connectivity index (χ1) is 12.2. The minimum absolute atomic E-state index is 0.0704. The van der Waals surface area contributed by atoms with Crippen molar-refractivity contribution in [3.63, 3.8) is 0 Å². The Morgan fingerprint density at radius 1 is 1.19 bits per heavy atom. The maximum atomic E-state index is 13.0. The van der Waals surface area contributed by atoms with E-state index in [1.54, 1.807) is 24.3 Å². The van der Waals surface area contributed by atoms with E-state index in [2.05, 4.69) is 0 Å². The van der Waals surface area contributed by atoms with Gasteiger partial charge in [0.05, 0.1) is 11.0 Å². The van der Waals surface area contributed by atoms with Crippen LogP contribution in [0.5, 0.6) is 0 Å². The molecule has 0 saturated heterocycles. The number of para-hydroxylation sites is 1. The van der Waals surface area contributed by atoms with Gasteiger partial charge in [-0.05, 0) is 37.1 Å². The number of rotatable bonds is 8. The van der Waals surface area contributed by atoms with Crippen LogP contribution in [0.3, 0.4) is 0 Å². The van der Waals surface area contributed by atoms with E-state index >= 15 is 0 Å². The van der Waals surface area contributed by atoms with Crippen LogP contribution in [0, 0.1) is 10.1 Å². The summed E-state index contributed by atoms with van der Waals surface area (Å²) < 4.78 is 27.0. The predicted octanol–water partition coefficient (Wildman–Crippen LogP) is 2.86. The van der Waals surface area contributed by atoms with Crippen molar-refractivity contribution in [2.75, 3.05) is 13.1 Å². The molecule has 1 unspecified atom stereocenters. The maximum absolute atomic E-state index is 13.0. The monoisotopic (exact) mass is 398 g/mol. The quantitative estimate of drug-likeness (QED) is 0.544. The van der Waals surface area contributed by atoms with E-state index < -0.39 is 26.7 Å². The van der Waals surface area contributed by atoms with Crippen molar-refractivity contribution < 1.29 is 18.4 Å². The fourth-order valence-corrected chi connectivity index (χ4v) is 4.28. The summed E-state index contributed by atoms with van der Waals surface area (Å²) >= 11 is 5.84. The van der Waals surface area contributed by atoms with Crippen molar-refractivity contribution >= 4 is 27.3 Å². The molecule has 26 heavy (non-hydrogen) atoms. The van der Waals surface area contributed by atoms with E-state index in [-0.39, 0.29) is 18.0 Å². The average molecular weight is 399 g/mol. The van der Waals surface area contributed by atoms with Crippen molar-refractivity contribution in [2.24, 2.45) is 0 Å². The molecule has 0 saturated carbocycles. The second-order valence-electron chi connectivity index (χ2n) is 5.81. The standard InChI is InChI=1S/C17H19ClN2O5S/c1-13(21)12-19(11-10-14-6-8-15(18)9-7-14)26(24,25)17-5-3-2-4-16(17)20(22)23/h2-9,13,21H,10-12H2,1H3. The van der Waals surface area contributed by atoms with Gasteiger partial charge in [0.25, 0.3) is 5.69 Å². The number of halogens is 1. The van der Waals surface area contributed by atoms with Crippen LogP contribution in [0.2, 0.25) is 5.02 Å². The highest BCUT2D eigenvalue weighted by Crippen LogP contribution is 2.26. The molecule has 7 nitrogen and oxygen atoms in total. The highest BCUT2D eigenvalue weighted by atomic mass is 35.5. The normalized spacial score (nSPS) is 12.9. The summed E-state index contributed by atoms with van der Waals surface area (Å²) in [6.45, 7) is 1.37. The van der Waals surface area contributed by atoms with Gasteiger partial charge < -0.3 is 5.11 Å². The van der Waals surface area contributed by atoms with E-state index in [4.69, 9.17) is 11.6 Å². The molecular formula is C17H19ClN2O5S. The Labute approximate surface area is 157 Å². The summed E-state index contributed by atoms with van der Waals surface area (Å²) in [6, 6.07) is 12.1. The Morgan fingerprint density at radius 3 is 2.38 bits per heavy atom. The van der Waals surface area contributed by atoms with Crippen molar-refractivity contribution in [3.05, 3.63) is 69.2 Å². The molecule has 0 fully saturated rings. The number of nitro benzene ring substituents is 1. The van der Waals surface area contributed by atoms with E-state index in [1.165, 1.54) is 25.1 Å². The molecule has 0 aliphatic rings. The smallest absolute Gasteiger partial charge is 0.289 e. The zero-order valence-electron chi connectivity index (χ0n) is 14.1. The zero-order valence-corrected chi connectivity index (χ0v) is 15.7. The van der Waals surface area contributed by atoms with Crippen molar-refractivity contribution in [2.45, 2.75) is 24.3 Å². The van der Waals surface area contributed by atoms with Gasteiger partial charge in [0.15, 0.2) is 4.90 Å². The molecule has 2 aromatic rings. The van der Waals surface area contributed by atoms with Crippen LogP contribution in [-0.4, -0.2) is 41.9 Å². The average Bonchev–Trinajstić information content (AvgIpc) is 2.59. The molecule has 0 aromatic heterocycles. The van der Waals surface area contributed by atoms with Crippen LogP contribution in [-0.2, 0) is 16.4 Å². The Bertz CT molecular complexity index is 869. The number of aliphatic hydroxyl groups excluding tert-OH is 1. The maximum Gasteiger partial charge on any atom is 0.289 e. The third kappa shape index (κ3) is 5.01. The molecule has 0 aliphatic carbocycles. The third-order valence-electron chi connectivity index (χ3n) is 3.71. The molecule has 140 valence electrons. The Kier molecular flexibility index (Phi) is 6.71. The number of hydrogen-bond acceptors (Lipinski definition) is 5. The Hall–Kier alpha value is -2.00. The number of aliphatic hydroxyl groups is 1. The lowest BCUT2D eigenvalue weighted by Crippen LogP contribution is -2.38. The van der Waals surface area contributed by atoms with Crippen molar-refractivity contribution in [1.29, 1.82) is 0 Å². The van der Waals surface area contributed by atoms with Crippen LogP contribution in [0.1, 0.15) is 12.5 Å². The lowest BCUT2D eigenvalue weighted by atomic mass is 10.1. The lowest BCUT2D eigenvalue weighted by Gasteiger charge is -2.23. The number of hydrogen-bond donors (Lipinski definition) is 1. The summed E-state index contributed by atoms with van der Waals surface area (Å²) in [4.78, 5) is 10.1. The van der Waals surface area contributed by atoms with Gasteiger partial charge in [-0.25, -0.2) is 8.42 Å². The van der Waals surface area contributed by atoms with Crippen LogP contribution in [0.25, 0.3) is 0 Å². The Morgan fingerprint density at radius 2 is 1.81 bits per heavy atom. The van der Waals surface area contributed by atoms with E-state index in [9.17, 15) is 23.6 Å². The fraction of sp³-hybridized carbons (Fsp3) is 0.294. The summed E-state index contributed by atoms with van der Waals surface area (Å²) in [5.74, 6) is 0. The second-order valence-corrected chi connectivity index (χ2v) is 8.16. The number of benzene rings is 2. The van der Waals surface area contributed by atoms with Gasteiger partial charge >= 0.3 is 0 Å². The van der Waals surface area contributed by atoms with Crippen molar-refractivity contribution in [3.8, 4) is 0 Å². The summed E-state index contributed by atoms with van der Waals surface area (Å²) in [5, 5.41) is 21.4. The Balaban J connectivity index is 2.32. The van der Waals surface area contributed by atoms with Gasteiger partial charge in [0.1, 0.15) is 0 Å². The van der Waals surface area contributed by atoms with Crippen LogP contribution < -0.4 is 0 Å². The van der Waals surface area contributed by atoms with Crippen LogP contribution >= 0.6 is 11.6 Å². The molecular weight excluding hydrogens is 380 g/mol. The highest BCUT2D eigenvalue weighted by Gasteiger charge is 2.31. The van der Waals surface area contributed by atoms with E-state index in [0.717, 1.165) is 15.9 Å². The number of nitrogens with zero attached hydrogens (tertiary/aromatic N) is 2. The van der Waals surface area contributed by atoms with Gasteiger partial charge in [-0.3, -0.25) is 10.1 Å². The molecule has 9 heteroatoms. The SMILES string of the molecule is CC(O)CN(CCc1ccc(Cl)cc1)S(=O)(=O)c1ccccc1[N+](=O)[O-]. The molecule has 0 bridgehead atoms. The zero-order chi connectivity index (χ0) is 19.3. The van der Waals surface area contributed by atoms with Gasteiger partial charge in [0, 0.05) is 24.2 Å². The van der Waals surface area contributed by atoms with Gasteiger partial charge in [-0.15, -0.1) is 0 Å². The first-order valence-corrected chi connectivity index (χ1v) is 9.69. The van der Waals surface area contributed by atoms with E-state index in [0.29, 0.717) is 11.4 Å². The molecule has 0 amide bonds. The molecule has 0 aliphatic heterocycles. The van der Waals surface area contributed by atoms with Gasteiger partial charge in [0.2, 0.25) is 10.0 Å². The molecule has 0 heterocycles. The molecule has 2 aromatic carbocycles. The van der Waals surface area contributed by atoms with Gasteiger partial charge in [-0.1, -0.05) is 35.9 Å². The third-order valence-corrected chi connectivity index (χ3v) is 5.88. The van der Waals surface area contributed by atoms with E-state index in [1.807, 2.05) is 0 Å². The van der Waals surface area contributed by atoms with Crippen LogP contribution in [0.4, 0.5) is 5.69 Å². The number of nitro groups is 1. The molecule has 1 atom stereocenters. The summed E-state index contributed by atoms with van der Waals surface area (Å²) in [7, 11) is -4.14. The topological polar surface area (TPSA) is 101 Å². The predicted molar refractivity (Wildman–Crippen MR) is 98.7 cm³/mol. The minimum Gasteiger partial charge on any atom is -0.392 e. The highest BCUT2D eigenvalue weighted by molar-refractivity contribution is 7.89. The molecule has 2 rings (SSSR count). The van der Waals surface area contributed by atoms with Crippen LogP contribution in [0.15, 0.2) is 53.4 Å². The first-order valence-electron chi connectivity index (χ1n) is 7.88. The summed E-state index contributed by atoms with van der Waals surface area (Å²) in [6.07, 6.45) is -0.540. The lowest BCUT2D eigenvalue weighted by molar-refractivity contribution is -0.387. The molecule has 1 N–H and O–H groups in total. The minimum atomic E-state index is -4.14. The van der Waals surface area contributed by atoms with Crippen molar-refractivity contribution in [1.82, 2.24) is 4.31 Å². The van der Waals surface area contributed by atoms with Gasteiger partial charge in [-0.2, -0.15) is 4.31 Å².